The summed E-state index contributed by atoms with van der Waals surface area (Å²) >= 11 is 0. The Labute approximate surface area is 337 Å². The molecule has 0 radical (unpaired) electrons. The molecule has 55 heavy (non-hydrogen) atoms. The molecule has 0 saturated heterocycles. The molecule has 0 saturated carbocycles. The molecular formula is C46H85NO8. The summed E-state index contributed by atoms with van der Waals surface area (Å²) in [5.74, 6) is -2.29. The second-order valence-corrected chi connectivity index (χ2v) is 16.3. The number of hydrogen-bond donors (Lipinski definition) is 0. The fraction of sp³-hybridized carbons (Fsp3) is 0.848. The topological polar surface area (TPSA) is 111 Å². The first-order chi connectivity index (χ1) is 26.6. The van der Waals surface area contributed by atoms with E-state index in [1.165, 1.54) is 109 Å². The maximum Gasteiger partial charge on any atom is 0.306 e. The van der Waals surface area contributed by atoms with Gasteiger partial charge in [-0.25, -0.2) is 0 Å². The molecule has 2 atom stereocenters. The maximum atomic E-state index is 12.7. The number of esters is 2. The molecule has 0 amide bonds. The summed E-state index contributed by atoms with van der Waals surface area (Å²) in [6.45, 7) is 4.71. The molecule has 0 bridgehead atoms. The summed E-state index contributed by atoms with van der Waals surface area (Å²) in [7, 11) is 5.91. The molecule has 9 nitrogen and oxygen atoms in total. The lowest BCUT2D eigenvalue weighted by atomic mass is 10.0. The summed E-state index contributed by atoms with van der Waals surface area (Å²) in [6, 6.07) is 0. The summed E-state index contributed by atoms with van der Waals surface area (Å²) in [6.07, 6.45) is 37.7. The summed E-state index contributed by atoms with van der Waals surface area (Å²) < 4.78 is 22.5. The van der Waals surface area contributed by atoms with Crippen LogP contribution in [0.25, 0.3) is 0 Å². The first-order valence-corrected chi connectivity index (χ1v) is 22.5. The molecule has 0 aliphatic carbocycles. The highest BCUT2D eigenvalue weighted by Gasteiger charge is 2.21. The molecular weight excluding hydrogens is 695 g/mol. The zero-order valence-corrected chi connectivity index (χ0v) is 36.3. The predicted molar refractivity (Wildman–Crippen MR) is 223 cm³/mol. The number of carbonyl (C=O) groups is 3. The largest absolute Gasteiger partial charge is 0.545 e. The number of rotatable bonds is 41. The lowest BCUT2D eigenvalue weighted by Crippen LogP contribution is -2.44. The zero-order chi connectivity index (χ0) is 40.7. The van der Waals surface area contributed by atoms with Crippen LogP contribution in [0.4, 0.5) is 0 Å². The van der Waals surface area contributed by atoms with Crippen LogP contribution in [0.15, 0.2) is 24.3 Å². The van der Waals surface area contributed by atoms with Crippen LogP contribution in [-0.2, 0) is 33.3 Å². The lowest BCUT2D eigenvalue weighted by molar-refractivity contribution is -0.870. The molecule has 0 aliphatic heterocycles. The highest BCUT2D eigenvalue weighted by atomic mass is 16.7. The lowest BCUT2D eigenvalue weighted by Gasteiger charge is -2.26. The molecule has 0 aliphatic rings. The van der Waals surface area contributed by atoms with Gasteiger partial charge in [-0.1, -0.05) is 160 Å². The molecule has 0 N–H and O–H groups in total. The zero-order valence-electron chi connectivity index (χ0n) is 36.3. The Kier molecular flexibility index (Phi) is 37.1. The Hall–Kier alpha value is -2.23. The number of quaternary nitrogens is 1. The Bertz CT molecular complexity index is 960. The molecule has 0 heterocycles. The number of carbonyl (C=O) groups excluding carboxylic acids is 3. The van der Waals surface area contributed by atoms with E-state index in [1.807, 2.05) is 21.1 Å². The van der Waals surface area contributed by atoms with Crippen LogP contribution in [0.1, 0.15) is 194 Å². The van der Waals surface area contributed by atoms with E-state index in [-0.39, 0.29) is 32.2 Å². The number of unbranched alkanes of at least 4 members (excludes halogenated alkanes) is 22. The minimum absolute atomic E-state index is 0.148. The first-order valence-electron chi connectivity index (χ1n) is 22.5. The van der Waals surface area contributed by atoms with Crippen molar-refractivity contribution >= 4 is 17.9 Å². The number of likely N-dealkylation sites (N-methyl/N-ethyl adjacent to an activating group) is 1. The van der Waals surface area contributed by atoms with E-state index in [1.54, 1.807) is 0 Å². The minimum Gasteiger partial charge on any atom is -0.545 e. The van der Waals surface area contributed by atoms with Crippen molar-refractivity contribution in [3.05, 3.63) is 24.3 Å². The van der Waals surface area contributed by atoms with Gasteiger partial charge in [0.2, 0.25) is 0 Å². The van der Waals surface area contributed by atoms with E-state index in [4.69, 9.17) is 18.9 Å². The second kappa shape index (κ2) is 38.6. The Morgan fingerprint density at radius 3 is 1.47 bits per heavy atom. The van der Waals surface area contributed by atoms with Crippen LogP contribution in [-0.4, -0.2) is 82.3 Å². The van der Waals surface area contributed by atoms with Crippen LogP contribution in [0.5, 0.6) is 0 Å². The quantitative estimate of drug-likeness (QED) is 0.0198. The van der Waals surface area contributed by atoms with Gasteiger partial charge in [0.05, 0.1) is 40.3 Å². The van der Waals surface area contributed by atoms with Gasteiger partial charge in [-0.3, -0.25) is 9.59 Å². The van der Waals surface area contributed by atoms with Crippen LogP contribution in [0.3, 0.4) is 0 Å². The van der Waals surface area contributed by atoms with Gasteiger partial charge >= 0.3 is 11.9 Å². The van der Waals surface area contributed by atoms with E-state index in [0.29, 0.717) is 23.9 Å². The standard InChI is InChI=1S/C46H85NO8/c1-6-8-10-12-14-16-18-20-21-22-23-25-27-29-31-33-35-37-44(49)55-42(41-54-46(45(50)51)52-39-38-47(3,4)5)40-53-43(48)36-34-32-30-28-26-24-19-17-15-13-11-9-7-2/h14,16,20-21,42,46H,6-13,15,17-19,22-41H2,1-5H3/b16-14-,21-20-. The second-order valence-electron chi connectivity index (χ2n) is 16.3. The average molecular weight is 780 g/mol. The van der Waals surface area contributed by atoms with Gasteiger partial charge in [-0.15, -0.1) is 0 Å². The summed E-state index contributed by atoms with van der Waals surface area (Å²) in [4.78, 5) is 36.9. The molecule has 0 fully saturated rings. The van der Waals surface area contributed by atoms with Gasteiger partial charge in [0.25, 0.3) is 0 Å². The van der Waals surface area contributed by atoms with E-state index >= 15 is 0 Å². The van der Waals surface area contributed by atoms with Gasteiger partial charge in [0.15, 0.2) is 12.4 Å². The number of allylic oxidation sites excluding steroid dienone is 4. The molecule has 9 heteroatoms. The third-order valence-electron chi connectivity index (χ3n) is 9.70. The molecule has 2 unspecified atom stereocenters. The third-order valence-corrected chi connectivity index (χ3v) is 9.70. The predicted octanol–water partition coefficient (Wildman–Crippen LogP) is 10.3. The van der Waals surface area contributed by atoms with Crippen molar-refractivity contribution in [2.24, 2.45) is 0 Å². The fourth-order valence-electron chi connectivity index (χ4n) is 6.15. The molecule has 0 rings (SSSR count). The van der Waals surface area contributed by atoms with Crippen molar-refractivity contribution in [3.63, 3.8) is 0 Å². The van der Waals surface area contributed by atoms with Crippen molar-refractivity contribution in [2.75, 3.05) is 47.5 Å². The molecule has 322 valence electrons. The van der Waals surface area contributed by atoms with Crippen LogP contribution in [0, 0.1) is 0 Å². The highest BCUT2D eigenvalue weighted by molar-refractivity contribution is 5.70. The highest BCUT2D eigenvalue weighted by Crippen LogP contribution is 2.15. The number of carboxylic acid groups (broad SMARTS) is 1. The van der Waals surface area contributed by atoms with Gasteiger partial charge in [-0.2, -0.15) is 0 Å². The fourth-order valence-corrected chi connectivity index (χ4v) is 6.15. The number of carboxylic acids is 1. The smallest absolute Gasteiger partial charge is 0.306 e. The van der Waals surface area contributed by atoms with Gasteiger partial charge in [0.1, 0.15) is 13.2 Å². The van der Waals surface area contributed by atoms with E-state index in [9.17, 15) is 19.5 Å². The van der Waals surface area contributed by atoms with Crippen molar-refractivity contribution in [3.8, 4) is 0 Å². The summed E-state index contributed by atoms with van der Waals surface area (Å²) in [5, 5.41) is 11.7. The van der Waals surface area contributed by atoms with Gasteiger partial charge < -0.3 is 33.3 Å². The molecule has 0 aromatic heterocycles. The monoisotopic (exact) mass is 780 g/mol. The van der Waals surface area contributed by atoms with Crippen molar-refractivity contribution in [2.45, 2.75) is 206 Å². The van der Waals surface area contributed by atoms with Crippen LogP contribution >= 0.6 is 0 Å². The van der Waals surface area contributed by atoms with Gasteiger partial charge in [-0.05, 0) is 44.9 Å². The van der Waals surface area contributed by atoms with Crippen LogP contribution in [0.2, 0.25) is 0 Å². The van der Waals surface area contributed by atoms with E-state index in [2.05, 4.69) is 38.2 Å². The Balaban J connectivity index is 4.44. The van der Waals surface area contributed by atoms with Crippen molar-refractivity contribution < 1.29 is 42.9 Å². The van der Waals surface area contributed by atoms with Crippen molar-refractivity contribution in [1.29, 1.82) is 0 Å². The summed E-state index contributed by atoms with van der Waals surface area (Å²) in [5.41, 5.74) is 0. The normalized spacial score (nSPS) is 13.1. The SMILES string of the molecule is CCCCC/C=C\C/C=C\CCCCCCCCCC(=O)OC(COC(=O)CCCCCCCCCCCCCCC)COC(OCC[N+](C)(C)C)C(=O)[O-]. The van der Waals surface area contributed by atoms with E-state index < -0.39 is 24.3 Å². The molecule has 0 spiro atoms. The average Bonchev–Trinajstić information content (AvgIpc) is 3.14. The minimum atomic E-state index is -1.62. The van der Waals surface area contributed by atoms with Crippen molar-refractivity contribution in [1.82, 2.24) is 0 Å². The third kappa shape index (κ3) is 39.8. The Morgan fingerprint density at radius 2 is 0.982 bits per heavy atom. The number of aliphatic carboxylic acids is 1. The number of nitrogens with zero attached hydrogens (tertiary/aromatic N) is 1. The molecule has 0 aromatic rings. The maximum absolute atomic E-state index is 12.7. The number of hydrogen-bond acceptors (Lipinski definition) is 8. The number of ether oxygens (including phenoxy) is 4. The molecule has 0 aromatic carbocycles. The van der Waals surface area contributed by atoms with Crippen LogP contribution < -0.4 is 5.11 Å². The first kappa shape index (κ1) is 52.8. The van der Waals surface area contributed by atoms with Gasteiger partial charge in [0, 0.05) is 12.8 Å². The Morgan fingerprint density at radius 1 is 0.545 bits per heavy atom. The van der Waals surface area contributed by atoms with E-state index in [0.717, 1.165) is 51.4 Å².